The maximum absolute atomic E-state index is 12.5. The van der Waals surface area contributed by atoms with Crippen LogP contribution in [0.4, 0.5) is 0 Å². The highest BCUT2D eigenvalue weighted by molar-refractivity contribution is 7.89. The van der Waals surface area contributed by atoms with E-state index in [1.54, 1.807) is 6.07 Å². The number of sulfonamides is 1. The van der Waals surface area contributed by atoms with E-state index >= 15 is 0 Å². The van der Waals surface area contributed by atoms with Crippen molar-refractivity contribution in [2.75, 3.05) is 0 Å². The van der Waals surface area contributed by atoms with E-state index < -0.39 is 10.0 Å². The summed E-state index contributed by atoms with van der Waals surface area (Å²) in [6, 6.07) is 5.37. The standard InChI is InChI=1S/C17H23N3O2S/c1-12-8-9-16(13(2)10-12)23(21,22)18-11-17-19-14-6-4-5-7-15(14)20(17)3/h8-10,18H,4-7,11H2,1-3H3. The van der Waals surface area contributed by atoms with E-state index in [9.17, 15) is 8.42 Å². The van der Waals surface area contributed by atoms with Crippen LogP contribution in [0, 0.1) is 13.8 Å². The molecule has 1 aromatic carbocycles. The van der Waals surface area contributed by atoms with Crippen molar-refractivity contribution in [3.63, 3.8) is 0 Å². The zero-order valence-corrected chi connectivity index (χ0v) is 14.7. The summed E-state index contributed by atoms with van der Waals surface area (Å²) in [5.41, 5.74) is 4.19. The van der Waals surface area contributed by atoms with Crippen molar-refractivity contribution in [2.45, 2.75) is 51.0 Å². The van der Waals surface area contributed by atoms with Gasteiger partial charge in [0.15, 0.2) is 0 Å². The fraction of sp³-hybridized carbons (Fsp3) is 0.471. The minimum absolute atomic E-state index is 0.221. The van der Waals surface area contributed by atoms with Crippen LogP contribution in [-0.2, 0) is 36.5 Å². The number of aromatic nitrogens is 2. The fourth-order valence-corrected chi connectivity index (χ4v) is 4.44. The molecule has 1 aromatic heterocycles. The summed E-state index contributed by atoms with van der Waals surface area (Å²) >= 11 is 0. The zero-order chi connectivity index (χ0) is 16.6. The van der Waals surface area contributed by atoms with Crippen molar-refractivity contribution >= 4 is 10.0 Å². The molecule has 1 heterocycles. The van der Waals surface area contributed by atoms with Crippen molar-refractivity contribution in [3.05, 3.63) is 46.5 Å². The topological polar surface area (TPSA) is 64.0 Å². The van der Waals surface area contributed by atoms with E-state index in [0.29, 0.717) is 4.90 Å². The summed E-state index contributed by atoms with van der Waals surface area (Å²) in [6.45, 7) is 4.00. The molecule has 5 nitrogen and oxygen atoms in total. The Bertz CT molecular complexity index is 838. The molecule has 124 valence electrons. The molecule has 0 bridgehead atoms. The summed E-state index contributed by atoms with van der Waals surface area (Å²) in [6.07, 6.45) is 4.37. The van der Waals surface area contributed by atoms with Crippen LogP contribution in [0.5, 0.6) is 0 Å². The Balaban J connectivity index is 1.81. The van der Waals surface area contributed by atoms with Crippen molar-refractivity contribution in [2.24, 2.45) is 7.05 Å². The van der Waals surface area contributed by atoms with Gasteiger partial charge >= 0.3 is 0 Å². The van der Waals surface area contributed by atoms with E-state index in [1.807, 2.05) is 37.6 Å². The first-order valence-corrected chi connectivity index (χ1v) is 9.47. The predicted molar refractivity (Wildman–Crippen MR) is 89.8 cm³/mol. The van der Waals surface area contributed by atoms with Crippen LogP contribution >= 0.6 is 0 Å². The normalized spacial score (nSPS) is 14.7. The third-order valence-electron chi connectivity index (χ3n) is 4.51. The van der Waals surface area contributed by atoms with Crippen molar-refractivity contribution in [3.8, 4) is 0 Å². The molecule has 1 aliphatic rings. The Kier molecular flexibility index (Phi) is 4.29. The van der Waals surface area contributed by atoms with E-state index in [-0.39, 0.29) is 6.54 Å². The van der Waals surface area contributed by atoms with Gasteiger partial charge < -0.3 is 4.57 Å². The molecular formula is C17H23N3O2S. The quantitative estimate of drug-likeness (QED) is 0.934. The van der Waals surface area contributed by atoms with Crippen molar-refractivity contribution in [1.29, 1.82) is 0 Å². The minimum atomic E-state index is -3.53. The number of aryl methyl sites for hydroxylation is 3. The van der Waals surface area contributed by atoms with Crippen LogP contribution in [0.15, 0.2) is 23.1 Å². The second-order valence-electron chi connectivity index (χ2n) is 6.28. The first kappa shape index (κ1) is 16.2. The molecule has 23 heavy (non-hydrogen) atoms. The summed E-state index contributed by atoms with van der Waals surface area (Å²) in [5, 5.41) is 0. The molecular weight excluding hydrogens is 310 g/mol. The lowest BCUT2D eigenvalue weighted by atomic mass is 10.0. The van der Waals surface area contributed by atoms with Crippen LogP contribution in [0.1, 0.15) is 41.2 Å². The van der Waals surface area contributed by atoms with Gasteiger partial charge in [-0.1, -0.05) is 17.7 Å². The molecule has 0 amide bonds. The Labute approximate surface area is 137 Å². The summed E-state index contributed by atoms with van der Waals surface area (Å²) in [5.74, 6) is 0.783. The van der Waals surface area contributed by atoms with Gasteiger partial charge in [-0.15, -0.1) is 0 Å². The average molecular weight is 333 g/mol. The third-order valence-corrected chi connectivity index (χ3v) is 6.07. The minimum Gasteiger partial charge on any atom is -0.334 e. The highest BCUT2D eigenvalue weighted by atomic mass is 32.2. The average Bonchev–Trinajstić information content (AvgIpc) is 2.82. The van der Waals surface area contributed by atoms with Crippen LogP contribution in [0.2, 0.25) is 0 Å². The Morgan fingerprint density at radius 3 is 2.65 bits per heavy atom. The van der Waals surface area contributed by atoms with E-state index in [4.69, 9.17) is 0 Å². The Morgan fingerprint density at radius 2 is 1.96 bits per heavy atom. The van der Waals surface area contributed by atoms with Gasteiger partial charge in [-0.25, -0.2) is 18.1 Å². The molecule has 1 aliphatic carbocycles. The van der Waals surface area contributed by atoms with Gasteiger partial charge in [0.1, 0.15) is 5.82 Å². The second-order valence-corrected chi connectivity index (χ2v) is 8.02. The molecule has 0 aliphatic heterocycles. The lowest BCUT2D eigenvalue weighted by Crippen LogP contribution is -2.25. The predicted octanol–water partition coefficient (Wildman–Crippen LogP) is 2.39. The summed E-state index contributed by atoms with van der Waals surface area (Å²) in [4.78, 5) is 4.95. The maximum atomic E-state index is 12.5. The second kappa shape index (κ2) is 6.09. The molecule has 0 saturated heterocycles. The van der Waals surface area contributed by atoms with Gasteiger partial charge in [0.25, 0.3) is 0 Å². The van der Waals surface area contributed by atoms with Gasteiger partial charge in [0, 0.05) is 12.7 Å². The summed E-state index contributed by atoms with van der Waals surface area (Å²) in [7, 11) is -1.56. The number of hydrogen-bond acceptors (Lipinski definition) is 3. The number of fused-ring (bicyclic) bond motifs is 1. The van der Waals surface area contributed by atoms with Gasteiger partial charge in [0.05, 0.1) is 17.1 Å². The van der Waals surface area contributed by atoms with E-state index in [0.717, 1.165) is 41.9 Å². The van der Waals surface area contributed by atoms with Gasteiger partial charge in [0.2, 0.25) is 10.0 Å². The van der Waals surface area contributed by atoms with Crippen molar-refractivity contribution in [1.82, 2.24) is 14.3 Å². The van der Waals surface area contributed by atoms with Crippen molar-refractivity contribution < 1.29 is 8.42 Å². The van der Waals surface area contributed by atoms with Crippen LogP contribution < -0.4 is 4.72 Å². The van der Waals surface area contributed by atoms with Gasteiger partial charge in [-0.2, -0.15) is 0 Å². The number of hydrogen-bond donors (Lipinski definition) is 1. The zero-order valence-electron chi connectivity index (χ0n) is 13.9. The fourth-order valence-electron chi connectivity index (χ4n) is 3.24. The van der Waals surface area contributed by atoms with E-state index in [2.05, 4.69) is 9.71 Å². The Morgan fingerprint density at radius 1 is 1.22 bits per heavy atom. The molecule has 0 atom stereocenters. The molecule has 0 unspecified atom stereocenters. The smallest absolute Gasteiger partial charge is 0.241 e. The molecule has 0 saturated carbocycles. The molecule has 0 fully saturated rings. The lowest BCUT2D eigenvalue weighted by molar-refractivity contribution is 0.576. The molecule has 6 heteroatoms. The molecule has 2 aromatic rings. The van der Waals surface area contributed by atoms with Gasteiger partial charge in [-0.05, 0) is 51.2 Å². The van der Waals surface area contributed by atoms with Crippen LogP contribution in [-0.4, -0.2) is 18.0 Å². The largest absolute Gasteiger partial charge is 0.334 e. The van der Waals surface area contributed by atoms with E-state index in [1.165, 1.54) is 12.1 Å². The molecule has 3 rings (SSSR count). The van der Waals surface area contributed by atoms with Crippen LogP contribution in [0.25, 0.3) is 0 Å². The summed E-state index contributed by atoms with van der Waals surface area (Å²) < 4.78 is 29.8. The SMILES string of the molecule is Cc1ccc(S(=O)(=O)NCc2nc3c(n2C)CCCC3)c(C)c1. The molecule has 0 spiro atoms. The number of imidazole rings is 1. The number of nitrogens with one attached hydrogen (secondary N) is 1. The number of rotatable bonds is 4. The number of benzene rings is 1. The monoisotopic (exact) mass is 333 g/mol. The first-order chi connectivity index (χ1) is 10.9. The Hall–Kier alpha value is -1.66. The maximum Gasteiger partial charge on any atom is 0.241 e. The number of nitrogens with zero attached hydrogens (tertiary/aromatic N) is 2. The molecule has 0 radical (unpaired) electrons. The third kappa shape index (κ3) is 3.19. The highest BCUT2D eigenvalue weighted by Gasteiger charge is 2.21. The van der Waals surface area contributed by atoms with Gasteiger partial charge in [-0.3, -0.25) is 0 Å². The lowest BCUT2D eigenvalue weighted by Gasteiger charge is -2.12. The first-order valence-electron chi connectivity index (χ1n) is 7.99. The highest BCUT2D eigenvalue weighted by Crippen LogP contribution is 2.22. The molecule has 1 N–H and O–H groups in total. The van der Waals surface area contributed by atoms with Crippen LogP contribution in [0.3, 0.4) is 0 Å².